The van der Waals surface area contributed by atoms with E-state index in [4.69, 9.17) is 4.74 Å². The van der Waals surface area contributed by atoms with Gasteiger partial charge in [0.1, 0.15) is 0 Å². The van der Waals surface area contributed by atoms with Crippen LogP contribution in [0.5, 0.6) is 0 Å². The third-order valence-corrected chi connectivity index (χ3v) is 4.32. The first-order chi connectivity index (χ1) is 9.62. The molecule has 0 radical (unpaired) electrons. The zero-order valence-corrected chi connectivity index (χ0v) is 13.2. The van der Waals surface area contributed by atoms with Gasteiger partial charge < -0.3 is 14.6 Å². The van der Waals surface area contributed by atoms with Crippen molar-refractivity contribution in [2.45, 2.75) is 58.9 Å². The predicted octanol–water partition coefficient (Wildman–Crippen LogP) is 3.86. The summed E-state index contributed by atoms with van der Waals surface area (Å²) in [5.41, 5.74) is 0.516. The van der Waals surface area contributed by atoms with Crippen molar-refractivity contribution in [3.8, 4) is 0 Å². The van der Waals surface area contributed by atoms with E-state index in [0.29, 0.717) is 11.5 Å². The maximum atomic E-state index is 5.36. The molecule has 0 aromatic carbocycles. The van der Waals surface area contributed by atoms with Gasteiger partial charge in [-0.3, -0.25) is 0 Å². The predicted molar refractivity (Wildman–Crippen MR) is 83.1 cm³/mol. The molecule has 0 spiro atoms. The lowest BCUT2D eigenvalue weighted by atomic mass is 9.75. The Balaban J connectivity index is 1.82. The molecule has 0 aliphatic heterocycles. The SMILES string of the molecule is CCOCCCNc1nccn1C1CCC(C)(C)CC1. The number of aromatic nitrogens is 2. The molecule has 1 heterocycles. The first-order valence-electron chi connectivity index (χ1n) is 7.97. The summed E-state index contributed by atoms with van der Waals surface area (Å²) < 4.78 is 7.68. The van der Waals surface area contributed by atoms with Crippen molar-refractivity contribution in [2.75, 3.05) is 25.1 Å². The highest BCUT2D eigenvalue weighted by molar-refractivity contribution is 5.26. The van der Waals surface area contributed by atoms with Crippen molar-refractivity contribution >= 4 is 5.95 Å². The van der Waals surface area contributed by atoms with Gasteiger partial charge in [0.25, 0.3) is 0 Å². The molecule has 1 aromatic heterocycles. The molecule has 1 aromatic rings. The van der Waals surface area contributed by atoms with E-state index < -0.39 is 0 Å². The van der Waals surface area contributed by atoms with Crippen LogP contribution < -0.4 is 5.32 Å². The summed E-state index contributed by atoms with van der Waals surface area (Å²) in [4.78, 5) is 4.46. The summed E-state index contributed by atoms with van der Waals surface area (Å²) in [6.07, 6.45) is 10.2. The van der Waals surface area contributed by atoms with Gasteiger partial charge in [0, 0.05) is 38.2 Å². The number of ether oxygens (including phenoxy) is 1. The fourth-order valence-corrected chi connectivity index (χ4v) is 2.93. The molecule has 0 unspecified atom stereocenters. The van der Waals surface area contributed by atoms with Gasteiger partial charge in [0.05, 0.1) is 0 Å². The van der Waals surface area contributed by atoms with Crippen molar-refractivity contribution in [1.82, 2.24) is 9.55 Å². The van der Waals surface area contributed by atoms with E-state index in [1.54, 1.807) is 0 Å². The van der Waals surface area contributed by atoms with Gasteiger partial charge in [-0.05, 0) is 44.4 Å². The molecule has 1 aliphatic rings. The molecule has 0 bridgehead atoms. The number of rotatable bonds is 7. The quantitative estimate of drug-likeness (QED) is 0.770. The molecule has 4 heteroatoms. The molecule has 2 rings (SSSR count). The molecule has 1 saturated carbocycles. The van der Waals surface area contributed by atoms with Crippen LogP contribution in [-0.2, 0) is 4.74 Å². The summed E-state index contributed by atoms with van der Waals surface area (Å²) in [6, 6.07) is 0.611. The lowest BCUT2D eigenvalue weighted by Gasteiger charge is -2.35. The van der Waals surface area contributed by atoms with Gasteiger partial charge in [-0.2, -0.15) is 0 Å². The van der Waals surface area contributed by atoms with Crippen LogP contribution in [0.3, 0.4) is 0 Å². The summed E-state index contributed by atoms with van der Waals surface area (Å²) in [6.45, 7) is 9.34. The molecule has 1 aliphatic carbocycles. The first-order valence-corrected chi connectivity index (χ1v) is 7.97. The van der Waals surface area contributed by atoms with Crippen molar-refractivity contribution in [3.63, 3.8) is 0 Å². The second-order valence-electron chi connectivity index (χ2n) is 6.53. The Kier molecular flexibility index (Phi) is 5.46. The minimum absolute atomic E-state index is 0.516. The topological polar surface area (TPSA) is 39.1 Å². The Labute approximate surface area is 122 Å². The van der Waals surface area contributed by atoms with Gasteiger partial charge >= 0.3 is 0 Å². The lowest BCUT2D eigenvalue weighted by molar-refractivity contribution is 0.147. The summed E-state index contributed by atoms with van der Waals surface area (Å²) >= 11 is 0. The smallest absolute Gasteiger partial charge is 0.203 e. The van der Waals surface area contributed by atoms with Gasteiger partial charge in [-0.1, -0.05) is 13.8 Å². The van der Waals surface area contributed by atoms with Crippen LogP contribution in [0.15, 0.2) is 12.4 Å². The van der Waals surface area contributed by atoms with E-state index in [0.717, 1.165) is 32.1 Å². The minimum atomic E-state index is 0.516. The largest absolute Gasteiger partial charge is 0.382 e. The minimum Gasteiger partial charge on any atom is -0.382 e. The number of nitrogens with zero attached hydrogens (tertiary/aromatic N) is 2. The van der Waals surface area contributed by atoms with E-state index in [2.05, 4.69) is 34.9 Å². The number of nitrogens with one attached hydrogen (secondary N) is 1. The maximum absolute atomic E-state index is 5.36. The third kappa shape index (κ3) is 4.23. The molecular formula is C16H29N3O. The Morgan fingerprint density at radius 3 is 2.85 bits per heavy atom. The fraction of sp³-hybridized carbons (Fsp3) is 0.812. The number of imidazole rings is 1. The Morgan fingerprint density at radius 1 is 1.40 bits per heavy atom. The first kappa shape index (κ1) is 15.4. The molecule has 1 fully saturated rings. The molecule has 0 amide bonds. The average molecular weight is 279 g/mol. The van der Waals surface area contributed by atoms with Crippen LogP contribution in [0, 0.1) is 5.41 Å². The van der Waals surface area contributed by atoms with Crippen LogP contribution in [0.25, 0.3) is 0 Å². The molecular weight excluding hydrogens is 250 g/mol. The van der Waals surface area contributed by atoms with Crippen LogP contribution in [0.4, 0.5) is 5.95 Å². The van der Waals surface area contributed by atoms with Gasteiger partial charge in [0.2, 0.25) is 5.95 Å². The second kappa shape index (κ2) is 7.11. The normalized spacial score (nSPS) is 19.1. The highest BCUT2D eigenvalue weighted by atomic mass is 16.5. The molecule has 114 valence electrons. The van der Waals surface area contributed by atoms with E-state index in [1.165, 1.54) is 25.7 Å². The molecule has 20 heavy (non-hydrogen) atoms. The van der Waals surface area contributed by atoms with E-state index in [-0.39, 0.29) is 0 Å². The van der Waals surface area contributed by atoms with Crippen molar-refractivity contribution in [3.05, 3.63) is 12.4 Å². The zero-order valence-electron chi connectivity index (χ0n) is 13.2. The highest BCUT2D eigenvalue weighted by Crippen LogP contribution is 2.40. The van der Waals surface area contributed by atoms with Crippen molar-refractivity contribution < 1.29 is 4.74 Å². The van der Waals surface area contributed by atoms with Gasteiger partial charge in [-0.25, -0.2) is 4.98 Å². The summed E-state index contributed by atoms with van der Waals surface area (Å²) in [5.74, 6) is 1.02. The van der Waals surface area contributed by atoms with E-state index in [1.807, 2.05) is 13.1 Å². The Hall–Kier alpha value is -1.03. The van der Waals surface area contributed by atoms with Crippen LogP contribution in [-0.4, -0.2) is 29.3 Å². The number of hydrogen-bond donors (Lipinski definition) is 1. The molecule has 4 nitrogen and oxygen atoms in total. The fourth-order valence-electron chi connectivity index (χ4n) is 2.93. The zero-order chi connectivity index (χ0) is 14.4. The van der Waals surface area contributed by atoms with Gasteiger partial charge in [0.15, 0.2) is 0 Å². The second-order valence-corrected chi connectivity index (χ2v) is 6.53. The summed E-state index contributed by atoms with van der Waals surface area (Å²) in [5, 5.41) is 3.44. The Bertz CT molecular complexity index is 390. The monoisotopic (exact) mass is 279 g/mol. The van der Waals surface area contributed by atoms with Crippen molar-refractivity contribution in [1.29, 1.82) is 0 Å². The molecule has 1 N–H and O–H groups in total. The molecule has 0 atom stereocenters. The van der Waals surface area contributed by atoms with Gasteiger partial charge in [-0.15, -0.1) is 0 Å². The summed E-state index contributed by atoms with van der Waals surface area (Å²) in [7, 11) is 0. The number of hydrogen-bond acceptors (Lipinski definition) is 3. The standard InChI is InChI=1S/C16H29N3O/c1-4-20-13-5-10-17-15-18-11-12-19(15)14-6-8-16(2,3)9-7-14/h11-12,14H,4-10,13H2,1-3H3,(H,17,18). The lowest BCUT2D eigenvalue weighted by Crippen LogP contribution is -2.24. The third-order valence-electron chi connectivity index (χ3n) is 4.32. The maximum Gasteiger partial charge on any atom is 0.203 e. The van der Waals surface area contributed by atoms with E-state index >= 15 is 0 Å². The highest BCUT2D eigenvalue weighted by Gasteiger charge is 2.28. The van der Waals surface area contributed by atoms with Crippen LogP contribution >= 0.6 is 0 Å². The molecule has 0 saturated heterocycles. The van der Waals surface area contributed by atoms with Crippen LogP contribution in [0.2, 0.25) is 0 Å². The average Bonchev–Trinajstić information content (AvgIpc) is 2.87. The number of anilines is 1. The Morgan fingerprint density at radius 2 is 2.15 bits per heavy atom. The van der Waals surface area contributed by atoms with Crippen molar-refractivity contribution in [2.24, 2.45) is 5.41 Å². The van der Waals surface area contributed by atoms with Crippen LogP contribution in [0.1, 0.15) is 58.9 Å². The van der Waals surface area contributed by atoms with E-state index in [9.17, 15) is 0 Å².